The van der Waals surface area contributed by atoms with E-state index in [2.05, 4.69) is 5.32 Å². The molecule has 168 valence electrons. The Labute approximate surface area is 188 Å². The van der Waals surface area contributed by atoms with Crippen LogP contribution < -0.4 is 15.0 Å². The van der Waals surface area contributed by atoms with Gasteiger partial charge in [-0.2, -0.15) is 0 Å². The molecule has 0 spiro atoms. The zero-order valence-corrected chi connectivity index (χ0v) is 18.0. The molecular formula is C21H20ClN3O7. The molecule has 2 aromatic rings. The first-order valence-electron chi connectivity index (χ1n) is 9.59. The molecule has 0 radical (unpaired) electrons. The SMILES string of the molecule is COc1ccc(Cl)cc1N1C[C@H](C(=O)O[C@@H](C)C(=O)Nc2cccc([N+](=O)[O-])c2)CC1=O. The minimum Gasteiger partial charge on any atom is -0.495 e. The van der Waals surface area contributed by atoms with Gasteiger partial charge in [-0.15, -0.1) is 0 Å². The number of rotatable bonds is 7. The Morgan fingerprint density at radius 2 is 2.03 bits per heavy atom. The van der Waals surface area contributed by atoms with Crippen LogP contribution >= 0.6 is 11.6 Å². The molecule has 1 aliphatic rings. The van der Waals surface area contributed by atoms with E-state index in [1.165, 1.54) is 43.2 Å². The number of amides is 2. The summed E-state index contributed by atoms with van der Waals surface area (Å²) in [4.78, 5) is 49.1. The molecule has 2 aromatic carbocycles. The highest BCUT2D eigenvalue weighted by Gasteiger charge is 2.38. The number of nitro benzene ring substituents is 1. The summed E-state index contributed by atoms with van der Waals surface area (Å²) in [6.45, 7) is 1.42. The molecule has 0 bridgehead atoms. The van der Waals surface area contributed by atoms with Gasteiger partial charge in [-0.05, 0) is 31.2 Å². The highest BCUT2D eigenvalue weighted by atomic mass is 35.5. The largest absolute Gasteiger partial charge is 0.495 e. The van der Waals surface area contributed by atoms with Gasteiger partial charge in [0.25, 0.3) is 11.6 Å². The third-order valence-electron chi connectivity index (χ3n) is 4.88. The molecule has 10 nitrogen and oxygen atoms in total. The number of halogens is 1. The lowest BCUT2D eigenvalue weighted by atomic mass is 10.1. The van der Waals surface area contributed by atoms with Gasteiger partial charge >= 0.3 is 5.97 Å². The molecule has 1 saturated heterocycles. The van der Waals surface area contributed by atoms with Crippen molar-refractivity contribution in [2.24, 2.45) is 5.92 Å². The zero-order chi connectivity index (χ0) is 23.4. The van der Waals surface area contributed by atoms with Crippen LogP contribution in [0.5, 0.6) is 5.75 Å². The summed E-state index contributed by atoms with van der Waals surface area (Å²) >= 11 is 6.03. The van der Waals surface area contributed by atoms with E-state index in [4.69, 9.17) is 21.1 Å². The lowest BCUT2D eigenvalue weighted by Gasteiger charge is -2.20. The molecule has 32 heavy (non-hydrogen) atoms. The summed E-state index contributed by atoms with van der Waals surface area (Å²) in [5, 5.41) is 13.7. The maximum absolute atomic E-state index is 12.6. The molecule has 0 aromatic heterocycles. The Kier molecular flexibility index (Phi) is 6.94. The Morgan fingerprint density at radius 3 is 2.72 bits per heavy atom. The van der Waals surface area contributed by atoms with E-state index in [1.54, 1.807) is 18.2 Å². The summed E-state index contributed by atoms with van der Waals surface area (Å²) in [7, 11) is 1.46. The highest BCUT2D eigenvalue weighted by Crippen LogP contribution is 2.35. The molecular weight excluding hydrogens is 442 g/mol. The predicted octanol–water partition coefficient (Wildman–Crippen LogP) is 3.18. The number of hydrogen-bond acceptors (Lipinski definition) is 7. The van der Waals surface area contributed by atoms with E-state index in [1.807, 2.05) is 0 Å². The van der Waals surface area contributed by atoms with E-state index in [-0.39, 0.29) is 30.2 Å². The van der Waals surface area contributed by atoms with E-state index in [0.717, 1.165) is 0 Å². The highest BCUT2D eigenvalue weighted by molar-refractivity contribution is 6.31. The summed E-state index contributed by atoms with van der Waals surface area (Å²) in [5.41, 5.74) is 0.451. The summed E-state index contributed by atoms with van der Waals surface area (Å²) in [5.74, 6) is -2.01. The Hall–Kier alpha value is -3.66. The second-order valence-corrected chi connectivity index (χ2v) is 7.53. The molecule has 1 aliphatic heterocycles. The number of methoxy groups -OCH3 is 1. The molecule has 0 unspecified atom stereocenters. The van der Waals surface area contributed by atoms with Crippen LogP contribution in [0.15, 0.2) is 42.5 Å². The third-order valence-corrected chi connectivity index (χ3v) is 5.11. The third kappa shape index (κ3) is 5.14. The van der Waals surface area contributed by atoms with Crippen molar-refractivity contribution in [1.82, 2.24) is 0 Å². The summed E-state index contributed by atoms with van der Waals surface area (Å²) < 4.78 is 10.5. The molecule has 1 fully saturated rings. The van der Waals surface area contributed by atoms with Gasteiger partial charge in [0, 0.05) is 35.8 Å². The minimum atomic E-state index is -1.17. The molecule has 0 aliphatic carbocycles. The average Bonchev–Trinajstić information content (AvgIpc) is 3.15. The van der Waals surface area contributed by atoms with Crippen LogP contribution in [0, 0.1) is 16.0 Å². The van der Waals surface area contributed by atoms with Crippen molar-refractivity contribution in [3.8, 4) is 5.75 Å². The van der Waals surface area contributed by atoms with Crippen molar-refractivity contribution in [2.45, 2.75) is 19.4 Å². The van der Waals surface area contributed by atoms with Crippen molar-refractivity contribution in [3.05, 3.63) is 57.6 Å². The fourth-order valence-corrected chi connectivity index (χ4v) is 3.40. The number of anilines is 2. The number of nitro groups is 1. The van der Waals surface area contributed by atoms with Crippen LogP contribution in [0.3, 0.4) is 0 Å². The number of nitrogens with zero attached hydrogens (tertiary/aromatic N) is 2. The maximum Gasteiger partial charge on any atom is 0.312 e. The van der Waals surface area contributed by atoms with Crippen LogP contribution in [0.1, 0.15) is 13.3 Å². The summed E-state index contributed by atoms with van der Waals surface area (Å²) in [6.07, 6.45) is -1.26. The quantitative estimate of drug-likeness (QED) is 0.381. The standard InChI is InChI=1S/C21H20ClN3O7/c1-12(20(27)23-15-4-3-5-16(10-15)25(29)30)32-21(28)13-8-19(26)24(11-13)17-9-14(22)6-7-18(17)31-2/h3-7,9-10,12-13H,8,11H2,1-2H3,(H,23,27)/t12-,13+/m0/s1. The van der Waals surface area contributed by atoms with Crippen LogP contribution in [0.25, 0.3) is 0 Å². The Morgan fingerprint density at radius 1 is 1.28 bits per heavy atom. The summed E-state index contributed by atoms with van der Waals surface area (Å²) in [6, 6.07) is 10.2. The van der Waals surface area contributed by atoms with E-state index in [9.17, 15) is 24.5 Å². The number of non-ortho nitro benzene ring substituents is 1. The van der Waals surface area contributed by atoms with Crippen molar-refractivity contribution in [2.75, 3.05) is 23.9 Å². The topological polar surface area (TPSA) is 128 Å². The maximum atomic E-state index is 12.6. The van der Waals surface area contributed by atoms with Gasteiger partial charge in [-0.3, -0.25) is 24.5 Å². The number of carbonyl (C=O) groups is 3. The number of benzene rings is 2. The second kappa shape index (κ2) is 9.65. The van der Waals surface area contributed by atoms with Gasteiger partial charge in [0.05, 0.1) is 23.6 Å². The van der Waals surface area contributed by atoms with Gasteiger partial charge in [0.1, 0.15) is 5.75 Å². The number of carbonyl (C=O) groups excluding carboxylic acids is 3. The first-order chi connectivity index (χ1) is 15.2. The molecule has 1 heterocycles. The van der Waals surface area contributed by atoms with E-state index >= 15 is 0 Å². The number of nitrogens with one attached hydrogen (secondary N) is 1. The van der Waals surface area contributed by atoms with E-state index < -0.39 is 28.8 Å². The Bertz CT molecular complexity index is 1080. The molecule has 3 rings (SSSR count). The van der Waals surface area contributed by atoms with Crippen LogP contribution in [0.4, 0.5) is 17.1 Å². The number of ether oxygens (including phenoxy) is 2. The smallest absolute Gasteiger partial charge is 0.312 e. The van der Waals surface area contributed by atoms with Gasteiger partial charge in [0.2, 0.25) is 5.91 Å². The molecule has 2 atom stereocenters. The second-order valence-electron chi connectivity index (χ2n) is 7.10. The minimum absolute atomic E-state index is 0.0492. The monoisotopic (exact) mass is 461 g/mol. The van der Waals surface area contributed by atoms with Crippen LogP contribution in [0.2, 0.25) is 5.02 Å². The molecule has 11 heteroatoms. The van der Waals surface area contributed by atoms with Gasteiger partial charge < -0.3 is 19.7 Å². The van der Waals surface area contributed by atoms with Crippen molar-refractivity contribution in [3.63, 3.8) is 0 Å². The normalized spacial score (nSPS) is 16.4. The molecule has 1 N–H and O–H groups in total. The van der Waals surface area contributed by atoms with Crippen LogP contribution in [-0.4, -0.2) is 42.5 Å². The van der Waals surface area contributed by atoms with Gasteiger partial charge in [-0.1, -0.05) is 17.7 Å². The first kappa shape index (κ1) is 23.0. The number of esters is 1. The average molecular weight is 462 g/mol. The Balaban J connectivity index is 1.63. The lowest BCUT2D eigenvalue weighted by Crippen LogP contribution is -2.33. The van der Waals surface area contributed by atoms with Crippen LogP contribution in [-0.2, 0) is 19.1 Å². The molecule has 2 amide bonds. The number of hydrogen-bond donors (Lipinski definition) is 1. The van der Waals surface area contributed by atoms with Crippen molar-refractivity contribution in [1.29, 1.82) is 0 Å². The molecule has 0 saturated carbocycles. The van der Waals surface area contributed by atoms with Crippen molar-refractivity contribution >= 4 is 46.4 Å². The van der Waals surface area contributed by atoms with Crippen molar-refractivity contribution < 1.29 is 28.8 Å². The van der Waals surface area contributed by atoms with E-state index in [0.29, 0.717) is 16.5 Å². The fraction of sp³-hybridized carbons (Fsp3) is 0.286. The van der Waals surface area contributed by atoms with Gasteiger partial charge in [0.15, 0.2) is 6.10 Å². The zero-order valence-electron chi connectivity index (χ0n) is 17.2. The first-order valence-corrected chi connectivity index (χ1v) is 9.97. The lowest BCUT2D eigenvalue weighted by molar-refractivity contribution is -0.384. The van der Waals surface area contributed by atoms with Gasteiger partial charge in [-0.25, -0.2) is 0 Å². The fourth-order valence-electron chi connectivity index (χ4n) is 3.24. The predicted molar refractivity (Wildman–Crippen MR) is 116 cm³/mol.